The van der Waals surface area contributed by atoms with Crippen molar-refractivity contribution in [1.29, 1.82) is 0 Å². The van der Waals surface area contributed by atoms with Crippen molar-refractivity contribution < 1.29 is 14.6 Å². The zero-order valence-corrected chi connectivity index (χ0v) is 12.6. The van der Waals surface area contributed by atoms with Crippen LogP contribution in [0.2, 0.25) is 0 Å². The summed E-state index contributed by atoms with van der Waals surface area (Å²) in [6, 6.07) is 1.97. The van der Waals surface area contributed by atoms with E-state index in [0.717, 1.165) is 44.7 Å². The first-order valence-corrected chi connectivity index (χ1v) is 7.77. The summed E-state index contributed by atoms with van der Waals surface area (Å²) < 4.78 is 5.38. The Kier molecular flexibility index (Phi) is 5.76. The predicted molar refractivity (Wildman–Crippen MR) is 80.9 cm³/mol. The second-order valence-corrected chi connectivity index (χ2v) is 6.22. The molecule has 1 aliphatic rings. The lowest BCUT2D eigenvalue weighted by Crippen LogP contribution is -2.29. The number of ether oxygens (including phenoxy) is 1. The Balaban J connectivity index is 1.88. The van der Waals surface area contributed by atoms with Gasteiger partial charge in [-0.2, -0.15) is 0 Å². The van der Waals surface area contributed by atoms with Crippen molar-refractivity contribution >= 4 is 23.4 Å². The molecule has 1 fully saturated rings. The molecule has 0 atom stereocenters. The Morgan fingerprint density at radius 1 is 1.55 bits per heavy atom. The van der Waals surface area contributed by atoms with Gasteiger partial charge in [-0.15, -0.1) is 11.3 Å². The number of hydrogen-bond acceptors (Lipinski definition) is 4. The molecular weight excluding hydrogens is 274 g/mol. The van der Waals surface area contributed by atoms with Gasteiger partial charge in [0, 0.05) is 37.3 Å². The number of carbonyl (C=O) groups is 1. The molecule has 0 amide bonds. The highest BCUT2D eigenvalue weighted by Gasteiger charge is 2.16. The molecule has 0 radical (unpaired) electrons. The van der Waals surface area contributed by atoms with E-state index in [9.17, 15) is 4.79 Å². The van der Waals surface area contributed by atoms with Crippen LogP contribution in [0.15, 0.2) is 17.5 Å². The zero-order chi connectivity index (χ0) is 14.4. The first-order valence-electron chi connectivity index (χ1n) is 6.89. The predicted octanol–water partition coefficient (Wildman–Crippen LogP) is 2.70. The average molecular weight is 295 g/mol. The summed E-state index contributed by atoms with van der Waals surface area (Å²) in [4.78, 5) is 14.1. The molecule has 1 aromatic rings. The van der Waals surface area contributed by atoms with Gasteiger partial charge in [-0.1, -0.05) is 0 Å². The minimum atomic E-state index is -0.905. The van der Waals surface area contributed by atoms with Crippen LogP contribution in [-0.4, -0.2) is 42.8 Å². The highest BCUT2D eigenvalue weighted by Crippen LogP contribution is 2.22. The Morgan fingerprint density at radius 3 is 3.00 bits per heavy atom. The lowest BCUT2D eigenvalue weighted by molar-refractivity contribution is -0.131. The normalized spacial score (nSPS) is 17.1. The second-order valence-electron chi connectivity index (χ2n) is 5.22. The Hall–Kier alpha value is -1.17. The monoisotopic (exact) mass is 295 g/mol. The van der Waals surface area contributed by atoms with Crippen LogP contribution in [0.25, 0.3) is 6.08 Å². The van der Waals surface area contributed by atoms with Crippen LogP contribution in [0, 0.1) is 5.92 Å². The number of carboxylic acid groups (broad SMARTS) is 1. The molecule has 0 aromatic carbocycles. The van der Waals surface area contributed by atoms with Crippen molar-refractivity contribution in [2.45, 2.75) is 19.4 Å². The van der Waals surface area contributed by atoms with Gasteiger partial charge in [-0.25, -0.2) is 4.79 Å². The number of nitrogens with zero attached hydrogens (tertiary/aromatic N) is 1. The number of hydrogen-bond donors (Lipinski definition) is 1. The molecule has 2 rings (SSSR count). The maximum atomic E-state index is 10.6. The molecule has 5 heteroatoms. The summed E-state index contributed by atoms with van der Waals surface area (Å²) in [5.74, 6) is -0.190. The summed E-state index contributed by atoms with van der Waals surface area (Å²) in [7, 11) is 2.12. The van der Waals surface area contributed by atoms with E-state index < -0.39 is 5.97 Å². The van der Waals surface area contributed by atoms with Crippen LogP contribution >= 0.6 is 11.3 Å². The van der Waals surface area contributed by atoms with Gasteiger partial charge in [0.2, 0.25) is 0 Å². The lowest BCUT2D eigenvalue weighted by atomic mass is 10.00. The number of rotatable bonds is 6. The Bertz CT molecular complexity index is 463. The van der Waals surface area contributed by atoms with Gasteiger partial charge in [0.25, 0.3) is 0 Å². The third-order valence-electron chi connectivity index (χ3n) is 3.51. The SMILES string of the molecule is CN(Cc1sccc1C=CC(=O)O)CC1CCOCC1. The third-order valence-corrected chi connectivity index (χ3v) is 4.43. The fourth-order valence-corrected chi connectivity index (χ4v) is 3.41. The summed E-state index contributed by atoms with van der Waals surface area (Å²) in [5.41, 5.74) is 1.01. The largest absolute Gasteiger partial charge is 0.478 e. The van der Waals surface area contributed by atoms with Crippen molar-refractivity contribution in [2.24, 2.45) is 5.92 Å². The molecule has 0 unspecified atom stereocenters. The topological polar surface area (TPSA) is 49.8 Å². The maximum absolute atomic E-state index is 10.6. The maximum Gasteiger partial charge on any atom is 0.328 e. The molecular formula is C15H21NO3S. The highest BCUT2D eigenvalue weighted by atomic mass is 32.1. The lowest BCUT2D eigenvalue weighted by Gasteiger charge is -2.27. The van der Waals surface area contributed by atoms with Gasteiger partial charge < -0.3 is 14.7 Å². The zero-order valence-electron chi connectivity index (χ0n) is 11.7. The van der Waals surface area contributed by atoms with Crippen LogP contribution in [0.1, 0.15) is 23.3 Å². The Morgan fingerprint density at radius 2 is 2.30 bits per heavy atom. The van der Waals surface area contributed by atoms with Crippen LogP contribution in [0.3, 0.4) is 0 Å². The minimum Gasteiger partial charge on any atom is -0.478 e. The van der Waals surface area contributed by atoms with Crippen LogP contribution in [-0.2, 0) is 16.1 Å². The Labute approximate surface area is 123 Å². The van der Waals surface area contributed by atoms with E-state index in [4.69, 9.17) is 9.84 Å². The van der Waals surface area contributed by atoms with Crippen molar-refractivity contribution in [2.75, 3.05) is 26.8 Å². The summed E-state index contributed by atoms with van der Waals surface area (Å²) in [5, 5.41) is 10.7. The standard InChI is InChI=1S/C15H21NO3S/c1-16(10-12-4-7-19-8-5-12)11-14-13(6-9-20-14)2-3-15(17)18/h2-3,6,9,12H,4-5,7-8,10-11H2,1H3,(H,17,18). The molecule has 4 nitrogen and oxygen atoms in total. The molecule has 1 saturated heterocycles. The van der Waals surface area contributed by atoms with Gasteiger partial charge in [0.1, 0.15) is 0 Å². The molecule has 0 bridgehead atoms. The average Bonchev–Trinajstić information content (AvgIpc) is 2.84. The second kappa shape index (κ2) is 7.57. The number of thiophene rings is 1. The van der Waals surface area contributed by atoms with Crippen molar-refractivity contribution in [3.63, 3.8) is 0 Å². The molecule has 1 aliphatic heterocycles. The number of aliphatic carboxylic acids is 1. The van der Waals surface area contributed by atoms with E-state index in [-0.39, 0.29) is 0 Å². The van der Waals surface area contributed by atoms with E-state index in [1.54, 1.807) is 17.4 Å². The molecule has 20 heavy (non-hydrogen) atoms. The van der Waals surface area contributed by atoms with Crippen LogP contribution in [0.4, 0.5) is 0 Å². The van der Waals surface area contributed by atoms with Crippen molar-refractivity contribution in [3.8, 4) is 0 Å². The highest BCUT2D eigenvalue weighted by molar-refractivity contribution is 7.10. The molecule has 1 aromatic heterocycles. The summed E-state index contributed by atoms with van der Waals surface area (Å²) in [6.07, 6.45) is 5.15. The van der Waals surface area contributed by atoms with E-state index >= 15 is 0 Å². The minimum absolute atomic E-state index is 0.715. The fourth-order valence-electron chi connectivity index (χ4n) is 2.47. The number of carboxylic acids is 1. The van der Waals surface area contributed by atoms with Crippen molar-refractivity contribution in [3.05, 3.63) is 28.0 Å². The van der Waals surface area contributed by atoms with Gasteiger partial charge in [0.05, 0.1) is 0 Å². The summed E-state index contributed by atoms with van der Waals surface area (Å²) in [6.45, 7) is 3.70. The first-order chi connectivity index (χ1) is 9.65. The van der Waals surface area contributed by atoms with Crippen LogP contribution in [0.5, 0.6) is 0 Å². The molecule has 110 valence electrons. The van der Waals surface area contributed by atoms with Gasteiger partial charge >= 0.3 is 5.97 Å². The molecule has 0 saturated carbocycles. The quantitative estimate of drug-likeness (QED) is 0.820. The van der Waals surface area contributed by atoms with E-state index in [1.165, 1.54) is 11.0 Å². The van der Waals surface area contributed by atoms with Crippen LogP contribution < -0.4 is 0 Å². The molecule has 0 spiro atoms. The molecule has 1 N–H and O–H groups in total. The third kappa shape index (κ3) is 4.74. The molecule has 2 heterocycles. The van der Waals surface area contributed by atoms with E-state index in [0.29, 0.717) is 5.92 Å². The fraction of sp³-hybridized carbons (Fsp3) is 0.533. The van der Waals surface area contributed by atoms with E-state index in [2.05, 4.69) is 11.9 Å². The van der Waals surface area contributed by atoms with Gasteiger partial charge in [0.15, 0.2) is 0 Å². The van der Waals surface area contributed by atoms with Gasteiger partial charge in [-0.3, -0.25) is 0 Å². The summed E-state index contributed by atoms with van der Waals surface area (Å²) >= 11 is 1.68. The van der Waals surface area contributed by atoms with Gasteiger partial charge in [-0.05, 0) is 48.9 Å². The molecule has 0 aliphatic carbocycles. The van der Waals surface area contributed by atoms with E-state index in [1.807, 2.05) is 11.4 Å². The van der Waals surface area contributed by atoms with Crippen molar-refractivity contribution in [1.82, 2.24) is 4.90 Å². The smallest absolute Gasteiger partial charge is 0.328 e. The first kappa shape index (κ1) is 15.2.